The van der Waals surface area contributed by atoms with Crippen molar-refractivity contribution in [3.63, 3.8) is 0 Å². The van der Waals surface area contributed by atoms with Crippen LogP contribution >= 0.6 is 0 Å². The van der Waals surface area contributed by atoms with Gasteiger partial charge < -0.3 is 19.1 Å². The third-order valence-corrected chi connectivity index (χ3v) is 4.21. The molecule has 2 saturated heterocycles. The van der Waals surface area contributed by atoms with E-state index >= 15 is 0 Å². The zero-order chi connectivity index (χ0) is 15.8. The highest BCUT2D eigenvalue weighted by molar-refractivity contribution is 5.78. The lowest BCUT2D eigenvalue weighted by Crippen LogP contribution is -2.66. The van der Waals surface area contributed by atoms with Gasteiger partial charge in [0.1, 0.15) is 5.75 Å². The Balaban J connectivity index is 1.46. The van der Waals surface area contributed by atoms with E-state index in [1.165, 1.54) is 0 Å². The number of benzene rings is 1. The molecule has 2 fully saturated rings. The van der Waals surface area contributed by atoms with E-state index in [2.05, 4.69) is 0 Å². The minimum Gasteiger partial charge on any atom is -0.484 e. The van der Waals surface area contributed by atoms with Crippen LogP contribution in [-0.4, -0.2) is 49.5 Å². The van der Waals surface area contributed by atoms with Crippen LogP contribution in [0.4, 0.5) is 0 Å². The van der Waals surface area contributed by atoms with Crippen LogP contribution in [-0.2, 0) is 14.3 Å². The topological polar surface area (TPSA) is 48.0 Å². The molecule has 3 rings (SSSR count). The van der Waals surface area contributed by atoms with E-state index in [1.54, 1.807) is 4.90 Å². The summed E-state index contributed by atoms with van der Waals surface area (Å²) in [5, 5.41) is 0. The van der Waals surface area contributed by atoms with Crippen LogP contribution in [0.25, 0.3) is 0 Å². The number of nitrogens with zero attached hydrogens (tertiary/aromatic N) is 1. The van der Waals surface area contributed by atoms with Gasteiger partial charge in [-0.15, -0.1) is 0 Å². The van der Waals surface area contributed by atoms with E-state index in [-0.39, 0.29) is 17.9 Å². The van der Waals surface area contributed by atoms with Gasteiger partial charge in [0.2, 0.25) is 0 Å². The minimum absolute atomic E-state index is 0.0111. The van der Waals surface area contributed by atoms with Gasteiger partial charge in [0, 0.05) is 13.1 Å². The highest BCUT2D eigenvalue weighted by Crippen LogP contribution is 2.37. The predicted molar refractivity (Wildman–Crippen MR) is 81.7 cm³/mol. The Bertz CT molecular complexity index is 552. The van der Waals surface area contributed by atoms with Gasteiger partial charge in [-0.05, 0) is 38.5 Å². The number of likely N-dealkylation sites (tertiary alicyclic amines) is 1. The number of rotatable bonds is 3. The fourth-order valence-electron chi connectivity index (χ4n) is 2.80. The van der Waals surface area contributed by atoms with Gasteiger partial charge in [0.15, 0.2) is 12.4 Å². The summed E-state index contributed by atoms with van der Waals surface area (Å²) in [5.41, 5.74) is 1.08. The molecule has 0 saturated carbocycles. The molecule has 5 nitrogen and oxygen atoms in total. The number of amides is 1. The molecule has 1 amide bonds. The van der Waals surface area contributed by atoms with Crippen molar-refractivity contribution < 1.29 is 19.0 Å². The molecule has 5 heteroatoms. The highest BCUT2D eigenvalue weighted by Gasteiger charge is 2.50. The lowest BCUT2D eigenvalue weighted by Gasteiger charge is -2.53. The average Bonchev–Trinajstić information content (AvgIpc) is 2.43. The maximum atomic E-state index is 12.2. The van der Waals surface area contributed by atoms with Crippen molar-refractivity contribution in [3.8, 4) is 5.75 Å². The summed E-state index contributed by atoms with van der Waals surface area (Å²) in [4.78, 5) is 14.0. The molecular weight excluding hydrogens is 282 g/mol. The Morgan fingerprint density at radius 1 is 1.27 bits per heavy atom. The number of hydrogen-bond acceptors (Lipinski definition) is 4. The molecule has 0 bridgehead atoms. The zero-order valence-corrected chi connectivity index (χ0v) is 13.4. The van der Waals surface area contributed by atoms with Gasteiger partial charge in [0.05, 0.1) is 18.6 Å². The molecule has 2 aliphatic heterocycles. The molecule has 1 spiro atoms. The van der Waals surface area contributed by atoms with Crippen molar-refractivity contribution in [2.45, 2.75) is 26.6 Å². The predicted octanol–water partition coefficient (Wildman–Crippen LogP) is 1.99. The second kappa shape index (κ2) is 5.56. The summed E-state index contributed by atoms with van der Waals surface area (Å²) >= 11 is 0. The molecule has 0 aliphatic carbocycles. The van der Waals surface area contributed by atoms with Gasteiger partial charge in [-0.3, -0.25) is 4.79 Å². The second-order valence-electron chi connectivity index (χ2n) is 6.83. The Hall–Kier alpha value is -1.59. The number of ether oxygens (including phenoxy) is 3. The average molecular weight is 305 g/mol. The van der Waals surface area contributed by atoms with Gasteiger partial charge >= 0.3 is 0 Å². The van der Waals surface area contributed by atoms with E-state index in [4.69, 9.17) is 14.2 Å². The first-order chi connectivity index (χ1) is 10.4. The molecule has 1 aromatic carbocycles. The fourth-order valence-corrected chi connectivity index (χ4v) is 2.80. The third-order valence-electron chi connectivity index (χ3n) is 4.21. The van der Waals surface area contributed by atoms with Crippen molar-refractivity contribution in [1.82, 2.24) is 4.90 Å². The van der Waals surface area contributed by atoms with Crippen molar-refractivity contribution in [2.75, 3.05) is 32.9 Å². The van der Waals surface area contributed by atoms with Crippen molar-refractivity contribution in [1.29, 1.82) is 0 Å². The normalized spacial score (nSPS) is 22.2. The first kappa shape index (κ1) is 15.3. The number of aryl methyl sites for hydroxylation is 1. The van der Waals surface area contributed by atoms with Gasteiger partial charge in [-0.25, -0.2) is 0 Å². The number of carbonyl (C=O) groups is 1. The van der Waals surface area contributed by atoms with Gasteiger partial charge in [0.25, 0.3) is 5.91 Å². The molecule has 2 heterocycles. The number of carbonyl (C=O) groups excluding carboxylic acids is 1. The molecule has 0 N–H and O–H groups in total. The zero-order valence-electron chi connectivity index (χ0n) is 13.4. The maximum Gasteiger partial charge on any atom is 0.260 e. The van der Waals surface area contributed by atoms with E-state index in [1.807, 2.05) is 45.0 Å². The van der Waals surface area contributed by atoms with Crippen molar-refractivity contribution in [2.24, 2.45) is 5.41 Å². The molecule has 1 aromatic rings. The van der Waals surface area contributed by atoms with Crippen LogP contribution in [0.2, 0.25) is 0 Å². The fraction of sp³-hybridized carbons (Fsp3) is 0.588. The summed E-state index contributed by atoms with van der Waals surface area (Å²) in [7, 11) is 0. The molecule has 22 heavy (non-hydrogen) atoms. The molecule has 0 atom stereocenters. The molecule has 0 aromatic heterocycles. The van der Waals surface area contributed by atoms with Crippen LogP contribution in [0.1, 0.15) is 19.4 Å². The van der Waals surface area contributed by atoms with Gasteiger partial charge in [-0.1, -0.05) is 12.1 Å². The molecule has 0 unspecified atom stereocenters. The van der Waals surface area contributed by atoms with Crippen LogP contribution in [0.5, 0.6) is 5.75 Å². The Morgan fingerprint density at radius 3 is 2.59 bits per heavy atom. The smallest absolute Gasteiger partial charge is 0.260 e. The van der Waals surface area contributed by atoms with E-state index in [9.17, 15) is 4.79 Å². The highest BCUT2D eigenvalue weighted by atomic mass is 16.7. The lowest BCUT2D eigenvalue weighted by atomic mass is 9.80. The Morgan fingerprint density at radius 2 is 1.95 bits per heavy atom. The molecule has 0 radical (unpaired) electrons. The quantitative estimate of drug-likeness (QED) is 0.857. The standard InChI is InChI=1S/C17H23NO4/c1-13-5-4-6-14(7-13)20-8-15(19)18-9-17(10-18)11-21-16(2,3)22-12-17/h4-7H,8-12H2,1-3H3. The largest absolute Gasteiger partial charge is 0.484 e. The first-order valence-electron chi connectivity index (χ1n) is 7.63. The van der Waals surface area contributed by atoms with Crippen LogP contribution in [0.3, 0.4) is 0 Å². The summed E-state index contributed by atoms with van der Waals surface area (Å²) < 4.78 is 17.0. The van der Waals surface area contributed by atoms with Crippen LogP contribution in [0.15, 0.2) is 24.3 Å². The van der Waals surface area contributed by atoms with Crippen molar-refractivity contribution in [3.05, 3.63) is 29.8 Å². The maximum absolute atomic E-state index is 12.2. The number of hydrogen-bond donors (Lipinski definition) is 0. The lowest BCUT2D eigenvalue weighted by molar-refractivity contribution is -0.303. The second-order valence-corrected chi connectivity index (χ2v) is 6.83. The minimum atomic E-state index is -0.510. The van der Waals surface area contributed by atoms with Crippen LogP contribution < -0.4 is 4.74 Å². The Labute approximate surface area is 131 Å². The van der Waals surface area contributed by atoms with Crippen molar-refractivity contribution >= 4 is 5.91 Å². The van der Waals surface area contributed by atoms with Crippen LogP contribution in [0, 0.1) is 12.3 Å². The summed E-state index contributed by atoms with van der Waals surface area (Å²) in [5.74, 6) is 0.232. The van der Waals surface area contributed by atoms with E-state index in [0.717, 1.165) is 11.3 Å². The SMILES string of the molecule is Cc1cccc(OCC(=O)N2CC3(COC(C)(C)OC3)C2)c1. The monoisotopic (exact) mass is 305 g/mol. The van der Waals surface area contributed by atoms with Gasteiger partial charge in [-0.2, -0.15) is 0 Å². The molecule has 120 valence electrons. The Kier molecular flexibility index (Phi) is 3.87. The summed E-state index contributed by atoms with van der Waals surface area (Å²) in [6, 6.07) is 7.71. The summed E-state index contributed by atoms with van der Waals surface area (Å²) in [6.45, 7) is 8.54. The third kappa shape index (κ3) is 3.25. The first-order valence-corrected chi connectivity index (χ1v) is 7.63. The summed E-state index contributed by atoms with van der Waals surface area (Å²) in [6.07, 6.45) is 0. The molecular formula is C17H23NO4. The molecule has 2 aliphatic rings. The van der Waals surface area contributed by atoms with E-state index < -0.39 is 5.79 Å². The van der Waals surface area contributed by atoms with E-state index in [0.29, 0.717) is 26.3 Å².